The quantitative estimate of drug-likeness (QED) is 0.801. The molecular formula is C13H24N2O2. The highest BCUT2D eigenvalue weighted by molar-refractivity contribution is 5.81. The van der Waals surface area contributed by atoms with Crippen molar-refractivity contribution in [2.24, 2.45) is 0 Å². The summed E-state index contributed by atoms with van der Waals surface area (Å²) in [4.78, 5) is 14.2. The van der Waals surface area contributed by atoms with Crippen molar-refractivity contribution < 1.29 is 9.53 Å². The van der Waals surface area contributed by atoms with Gasteiger partial charge in [-0.1, -0.05) is 12.8 Å². The Kier molecular flexibility index (Phi) is 4.05. The first-order valence-corrected chi connectivity index (χ1v) is 6.71. The molecule has 1 amide bonds. The van der Waals surface area contributed by atoms with Gasteiger partial charge in [-0.3, -0.25) is 4.79 Å². The Morgan fingerprint density at radius 3 is 2.59 bits per heavy atom. The van der Waals surface area contributed by atoms with E-state index in [1.54, 1.807) is 0 Å². The Hall–Kier alpha value is -0.610. The average molecular weight is 240 g/mol. The van der Waals surface area contributed by atoms with Gasteiger partial charge in [-0.15, -0.1) is 0 Å². The zero-order valence-corrected chi connectivity index (χ0v) is 11.0. The Balaban J connectivity index is 1.85. The molecule has 1 saturated heterocycles. The topological polar surface area (TPSA) is 41.6 Å². The molecule has 1 N–H and O–H groups in total. The molecule has 0 bridgehead atoms. The number of likely N-dealkylation sites (N-methyl/N-ethyl adjacent to an activating group) is 1. The molecule has 0 radical (unpaired) electrons. The first kappa shape index (κ1) is 12.8. The number of ether oxygens (including phenoxy) is 1. The molecule has 0 aromatic heterocycles. The summed E-state index contributed by atoms with van der Waals surface area (Å²) in [5.74, 6) is 0.0793. The number of carbonyl (C=O) groups is 1. The van der Waals surface area contributed by atoms with E-state index in [0.717, 1.165) is 26.0 Å². The van der Waals surface area contributed by atoms with Crippen LogP contribution < -0.4 is 5.32 Å². The number of hydrogen-bond acceptors (Lipinski definition) is 3. The summed E-state index contributed by atoms with van der Waals surface area (Å²) >= 11 is 0. The molecule has 0 spiro atoms. The minimum absolute atomic E-state index is 0.0793. The van der Waals surface area contributed by atoms with E-state index in [-0.39, 0.29) is 17.6 Å². The molecule has 4 nitrogen and oxygen atoms in total. The summed E-state index contributed by atoms with van der Waals surface area (Å²) < 4.78 is 5.40. The molecule has 1 heterocycles. The van der Waals surface area contributed by atoms with Gasteiger partial charge in [0.2, 0.25) is 5.91 Å². The van der Waals surface area contributed by atoms with Crippen LogP contribution in [0.25, 0.3) is 0 Å². The van der Waals surface area contributed by atoms with E-state index in [2.05, 4.69) is 24.3 Å². The third kappa shape index (κ3) is 2.80. The van der Waals surface area contributed by atoms with Gasteiger partial charge in [0.05, 0.1) is 0 Å². The number of carbonyl (C=O) groups excluding carboxylic acids is 1. The van der Waals surface area contributed by atoms with Crippen molar-refractivity contribution in [3.8, 4) is 0 Å². The molecule has 1 saturated carbocycles. The molecule has 2 fully saturated rings. The van der Waals surface area contributed by atoms with Crippen molar-refractivity contribution in [1.29, 1.82) is 0 Å². The first-order chi connectivity index (χ1) is 8.14. The monoisotopic (exact) mass is 240 g/mol. The SMILES string of the molecule is CN(C)C1(CNC(=O)[C@@H]2CCCO2)CCCC1. The Labute approximate surface area is 104 Å². The predicted molar refractivity (Wildman–Crippen MR) is 66.9 cm³/mol. The average Bonchev–Trinajstić information content (AvgIpc) is 2.97. The van der Waals surface area contributed by atoms with Gasteiger partial charge in [-0.2, -0.15) is 0 Å². The van der Waals surface area contributed by atoms with Gasteiger partial charge in [0.15, 0.2) is 0 Å². The second-order valence-corrected chi connectivity index (χ2v) is 5.55. The first-order valence-electron chi connectivity index (χ1n) is 6.71. The van der Waals surface area contributed by atoms with Crippen LogP contribution in [0, 0.1) is 0 Å². The van der Waals surface area contributed by atoms with E-state index in [0.29, 0.717) is 0 Å². The fourth-order valence-electron chi connectivity index (χ4n) is 2.97. The molecule has 2 rings (SSSR count). The van der Waals surface area contributed by atoms with Crippen LogP contribution in [0.1, 0.15) is 38.5 Å². The predicted octanol–water partition coefficient (Wildman–Crippen LogP) is 1.16. The van der Waals surface area contributed by atoms with Gasteiger partial charge in [0.25, 0.3) is 0 Å². The van der Waals surface area contributed by atoms with Crippen molar-refractivity contribution in [1.82, 2.24) is 10.2 Å². The highest BCUT2D eigenvalue weighted by atomic mass is 16.5. The van der Waals surface area contributed by atoms with E-state index in [9.17, 15) is 4.79 Å². The fraction of sp³-hybridized carbons (Fsp3) is 0.923. The standard InChI is InChI=1S/C13H24N2O2/c1-15(2)13(7-3-4-8-13)10-14-12(16)11-6-5-9-17-11/h11H,3-10H2,1-2H3,(H,14,16)/t11-/m0/s1. The molecule has 1 aliphatic heterocycles. The van der Waals surface area contributed by atoms with Crippen molar-refractivity contribution in [2.75, 3.05) is 27.2 Å². The Morgan fingerprint density at radius 2 is 2.06 bits per heavy atom. The zero-order valence-electron chi connectivity index (χ0n) is 11.0. The maximum absolute atomic E-state index is 11.9. The van der Waals surface area contributed by atoms with Gasteiger partial charge < -0.3 is 15.0 Å². The van der Waals surface area contributed by atoms with Crippen LogP contribution in [-0.4, -0.2) is 49.7 Å². The van der Waals surface area contributed by atoms with Gasteiger partial charge in [0.1, 0.15) is 6.10 Å². The van der Waals surface area contributed by atoms with Crippen LogP contribution in [0.5, 0.6) is 0 Å². The largest absolute Gasteiger partial charge is 0.368 e. The third-order valence-corrected chi connectivity index (χ3v) is 4.30. The van der Waals surface area contributed by atoms with Gasteiger partial charge in [0, 0.05) is 18.7 Å². The van der Waals surface area contributed by atoms with Crippen molar-refractivity contribution >= 4 is 5.91 Å². The summed E-state index contributed by atoms with van der Waals surface area (Å²) in [6.07, 6.45) is 6.60. The summed E-state index contributed by atoms with van der Waals surface area (Å²) in [6, 6.07) is 0. The number of nitrogens with zero attached hydrogens (tertiary/aromatic N) is 1. The minimum Gasteiger partial charge on any atom is -0.368 e. The maximum atomic E-state index is 11.9. The molecule has 0 aromatic carbocycles. The number of amides is 1. The smallest absolute Gasteiger partial charge is 0.249 e. The van der Waals surface area contributed by atoms with Crippen molar-refractivity contribution in [3.05, 3.63) is 0 Å². The Morgan fingerprint density at radius 1 is 1.35 bits per heavy atom. The fourth-order valence-corrected chi connectivity index (χ4v) is 2.97. The van der Waals surface area contributed by atoms with Gasteiger partial charge in [-0.05, 0) is 39.8 Å². The number of hydrogen-bond donors (Lipinski definition) is 1. The molecular weight excluding hydrogens is 216 g/mol. The lowest BCUT2D eigenvalue weighted by Gasteiger charge is -2.36. The lowest BCUT2D eigenvalue weighted by molar-refractivity contribution is -0.130. The molecule has 2 aliphatic rings. The van der Waals surface area contributed by atoms with Crippen LogP contribution >= 0.6 is 0 Å². The van der Waals surface area contributed by atoms with Crippen LogP contribution in [-0.2, 0) is 9.53 Å². The zero-order chi connectivity index (χ0) is 12.3. The number of rotatable bonds is 4. The molecule has 98 valence electrons. The van der Waals surface area contributed by atoms with Crippen LogP contribution in [0.4, 0.5) is 0 Å². The lowest BCUT2D eigenvalue weighted by Crippen LogP contribution is -2.52. The molecule has 0 aromatic rings. The highest BCUT2D eigenvalue weighted by Crippen LogP contribution is 2.33. The van der Waals surface area contributed by atoms with E-state index < -0.39 is 0 Å². The molecule has 1 atom stereocenters. The minimum atomic E-state index is -0.199. The third-order valence-electron chi connectivity index (χ3n) is 4.30. The Bertz CT molecular complexity index is 267. The van der Waals surface area contributed by atoms with Crippen LogP contribution in [0.15, 0.2) is 0 Å². The summed E-state index contributed by atoms with van der Waals surface area (Å²) in [7, 11) is 4.23. The second-order valence-electron chi connectivity index (χ2n) is 5.55. The van der Waals surface area contributed by atoms with Gasteiger partial charge in [-0.25, -0.2) is 0 Å². The normalized spacial score (nSPS) is 27.6. The number of nitrogens with one attached hydrogen (secondary N) is 1. The summed E-state index contributed by atoms with van der Waals surface area (Å²) in [6.45, 7) is 1.50. The summed E-state index contributed by atoms with van der Waals surface area (Å²) in [5, 5.41) is 3.08. The molecule has 17 heavy (non-hydrogen) atoms. The maximum Gasteiger partial charge on any atom is 0.249 e. The highest BCUT2D eigenvalue weighted by Gasteiger charge is 2.36. The van der Waals surface area contributed by atoms with E-state index in [1.807, 2.05) is 0 Å². The van der Waals surface area contributed by atoms with Crippen molar-refractivity contribution in [2.45, 2.75) is 50.2 Å². The molecule has 0 unspecified atom stereocenters. The van der Waals surface area contributed by atoms with E-state index >= 15 is 0 Å². The van der Waals surface area contributed by atoms with E-state index in [4.69, 9.17) is 4.74 Å². The van der Waals surface area contributed by atoms with Crippen molar-refractivity contribution in [3.63, 3.8) is 0 Å². The van der Waals surface area contributed by atoms with Crippen LogP contribution in [0.3, 0.4) is 0 Å². The lowest BCUT2D eigenvalue weighted by atomic mass is 9.96. The van der Waals surface area contributed by atoms with E-state index in [1.165, 1.54) is 25.7 Å². The molecule has 1 aliphatic carbocycles. The van der Waals surface area contributed by atoms with Crippen LogP contribution in [0.2, 0.25) is 0 Å². The van der Waals surface area contributed by atoms with Gasteiger partial charge >= 0.3 is 0 Å². The second kappa shape index (κ2) is 5.36. The summed E-state index contributed by atoms with van der Waals surface area (Å²) in [5.41, 5.74) is 0.175. The molecule has 4 heteroatoms.